The van der Waals surface area contributed by atoms with Crippen LogP contribution in [-0.4, -0.2) is 43.8 Å². The van der Waals surface area contributed by atoms with Gasteiger partial charge in [-0.25, -0.2) is 12.8 Å². The number of hydrogen-bond donors (Lipinski definition) is 1. The molecular formula is C32H38FN3O4S. The molecule has 1 aliphatic carbocycles. The summed E-state index contributed by atoms with van der Waals surface area (Å²) in [6.07, 6.45) is 4.92. The number of halogens is 1. The average Bonchev–Trinajstić information content (AvgIpc) is 2.95. The molecule has 2 amide bonds. The largest absolute Gasteiger partial charge is 0.352 e. The maximum absolute atomic E-state index is 14.7. The first kappa shape index (κ1) is 30.2. The number of carbonyl (C=O) groups is 2. The summed E-state index contributed by atoms with van der Waals surface area (Å²) >= 11 is 0. The third-order valence-corrected chi connectivity index (χ3v) is 9.31. The predicted octanol–water partition coefficient (Wildman–Crippen LogP) is 5.50. The smallest absolute Gasteiger partial charge is 0.264 e. The zero-order chi connectivity index (χ0) is 29.6. The Kier molecular flexibility index (Phi) is 9.81. The van der Waals surface area contributed by atoms with Gasteiger partial charge in [0.05, 0.1) is 10.6 Å². The van der Waals surface area contributed by atoms with Gasteiger partial charge in [-0.3, -0.25) is 13.9 Å². The molecule has 1 N–H and O–H groups in total. The topological polar surface area (TPSA) is 86.8 Å². The molecule has 41 heavy (non-hydrogen) atoms. The number of nitrogens with zero attached hydrogens (tertiary/aromatic N) is 2. The zero-order valence-electron chi connectivity index (χ0n) is 23.8. The summed E-state index contributed by atoms with van der Waals surface area (Å²) in [7, 11) is -4.15. The molecule has 0 radical (unpaired) electrons. The summed E-state index contributed by atoms with van der Waals surface area (Å²) in [5, 5.41) is 3.05. The van der Waals surface area contributed by atoms with E-state index in [1.807, 2.05) is 19.9 Å². The third-order valence-electron chi connectivity index (χ3n) is 7.52. The fourth-order valence-corrected chi connectivity index (χ4v) is 6.72. The van der Waals surface area contributed by atoms with Crippen molar-refractivity contribution in [2.24, 2.45) is 0 Å². The van der Waals surface area contributed by atoms with Crippen LogP contribution in [0.5, 0.6) is 0 Å². The van der Waals surface area contributed by atoms with E-state index in [0.717, 1.165) is 47.5 Å². The van der Waals surface area contributed by atoms with E-state index in [1.54, 1.807) is 55.5 Å². The van der Waals surface area contributed by atoms with Gasteiger partial charge < -0.3 is 10.2 Å². The Morgan fingerprint density at radius 2 is 1.54 bits per heavy atom. The fourth-order valence-electron chi connectivity index (χ4n) is 5.30. The summed E-state index contributed by atoms with van der Waals surface area (Å²) in [5.41, 5.74) is 2.25. The van der Waals surface area contributed by atoms with Gasteiger partial charge in [-0.2, -0.15) is 0 Å². The van der Waals surface area contributed by atoms with Crippen molar-refractivity contribution in [3.8, 4) is 0 Å². The predicted molar refractivity (Wildman–Crippen MR) is 158 cm³/mol. The molecule has 1 atom stereocenters. The molecule has 1 saturated carbocycles. The van der Waals surface area contributed by atoms with Gasteiger partial charge in [0.25, 0.3) is 10.0 Å². The van der Waals surface area contributed by atoms with Crippen molar-refractivity contribution in [3.05, 3.63) is 95.3 Å². The van der Waals surface area contributed by atoms with Gasteiger partial charge in [-0.15, -0.1) is 0 Å². The minimum absolute atomic E-state index is 0.0225. The van der Waals surface area contributed by atoms with Crippen LogP contribution in [0.15, 0.2) is 77.7 Å². The molecule has 1 aliphatic rings. The first-order valence-corrected chi connectivity index (χ1v) is 15.5. The van der Waals surface area contributed by atoms with E-state index < -0.39 is 34.3 Å². The standard InChI is InChI=1S/C32H38FN3O4S/c1-23-18-24(2)20-28(19-23)36(41(39,40)29-15-8-5-9-16-29)22-31(37)35(21-26-12-10-11-17-30(26)33)25(3)32(38)34-27-13-6-4-7-14-27/h5,8-12,15-20,25,27H,4,6-7,13-14,21-22H2,1-3H3,(H,34,38)/t25-/m0/s1. The van der Waals surface area contributed by atoms with Crippen molar-refractivity contribution >= 4 is 27.5 Å². The molecule has 3 aromatic rings. The van der Waals surface area contributed by atoms with E-state index in [-0.39, 0.29) is 29.0 Å². The highest BCUT2D eigenvalue weighted by molar-refractivity contribution is 7.92. The number of aryl methyl sites for hydroxylation is 2. The van der Waals surface area contributed by atoms with Crippen LogP contribution >= 0.6 is 0 Å². The van der Waals surface area contributed by atoms with Crippen LogP contribution in [0.1, 0.15) is 55.7 Å². The maximum Gasteiger partial charge on any atom is 0.264 e. The first-order valence-electron chi connectivity index (χ1n) is 14.1. The highest BCUT2D eigenvalue weighted by Gasteiger charge is 2.33. The Labute approximate surface area is 242 Å². The number of nitrogens with one attached hydrogen (secondary N) is 1. The molecule has 0 unspecified atom stereocenters. The number of amides is 2. The molecule has 0 spiro atoms. The summed E-state index contributed by atoms with van der Waals surface area (Å²) in [6.45, 7) is 4.57. The average molecular weight is 580 g/mol. The first-order chi connectivity index (χ1) is 19.6. The molecule has 4 rings (SSSR count). The SMILES string of the molecule is Cc1cc(C)cc(N(CC(=O)N(Cc2ccccc2F)[C@@H](C)C(=O)NC2CCCCC2)S(=O)(=O)c2ccccc2)c1. The number of carbonyl (C=O) groups excluding carboxylic acids is 2. The van der Waals surface area contributed by atoms with Crippen LogP contribution in [-0.2, 0) is 26.2 Å². The van der Waals surface area contributed by atoms with Crippen LogP contribution in [0.2, 0.25) is 0 Å². The van der Waals surface area contributed by atoms with Crippen molar-refractivity contribution < 1.29 is 22.4 Å². The molecule has 3 aromatic carbocycles. The van der Waals surface area contributed by atoms with E-state index in [2.05, 4.69) is 5.32 Å². The minimum Gasteiger partial charge on any atom is -0.352 e. The fraction of sp³-hybridized carbons (Fsp3) is 0.375. The van der Waals surface area contributed by atoms with Crippen LogP contribution in [0.3, 0.4) is 0 Å². The van der Waals surface area contributed by atoms with E-state index in [4.69, 9.17) is 0 Å². The number of anilines is 1. The second kappa shape index (κ2) is 13.3. The Morgan fingerprint density at radius 1 is 0.927 bits per heavy atom. The van der Waals surface area contributed by atoms with Gasteiger partial charge in [-0.05, 0) is 75.1 Å². The maximum atomic E-state index is 14.7. The molecule has 7 nitrogen and oxygen atoms in total. The van der Waals surface area contributed by atoms with Crippen LogP contribution in [0, 0.1) is 19.7 Å². The lowest BCUT2D eigenvalue weighted by Crippen LogP contribution is -2.53. The van der Waals surface area contributed by atoms with Crippen LogP contribution < -0.4 is 9.62 Å². The third kappa shape index (κ3) is 7.52. The number of benzene rings is 3. The van der Waals surface area contributed by atoms with Gasteiger partial charge in [0.2, 0.25) is 11.8 Å². The van der Waals surface area contributed by atoms with E-state index in [9.17, 15) is 22.4 Å². The second-order valence-corrected chi connectivity index (χ2v) is 12.7. The summed E-state index contributed by atoms with van der Waals surface area (Å²) in [4.78, 5) is 28.7. The van der Waals surface area contributed by atoms with Crippen molar-refractivity contribution in [2.45, 2.75) is 76.4 Å². The van der Waals surface area contributed by atoms with Gasteiger partial charge in [0.1, 0.15) is 18.4 Å². The summed E-state index contributed by atoms with van der Waals surface area (Å²) < 4.78 is 43.6. The van der Waals surface area contributed by atoms with Crippen LogP contribution in [0.4, 0.5) is 10.1 Å². The Bertz CT molecular complexity index is 1450. The molecule has 0 aliphatic heterocycles. The van der Waals surface area contributed by atoms with Crippen LogP contribution in [0.25, 0.3) is 0 Å². The molecule has 9 heteroatoms. The van der Waals surface area contributed by atoms with Gasteiger partial charge in [0, 0.05) is 18.2 Å². The molecule has 0 heterocycles. The number of sulfonamides is 1. The molecule has 1 fully saturated rings. The Balaban J connectivity index is 1.70. The highest BCUT2D eigenvalue weighted by atomic mass is 32.2. The van der Waals surface area contributed by atoms with Crippen molar-refractivity contribution in [1.29, 1.82) is 0 Å². The van der Waals surface area contributed by atoms with Gasteiger partial charge in [-0.1, -0.05) is 61.7 Å². The van der Waals surface area contributed by atoms with E-state index >= 15 is 0 Å². The van der Waals surface area contributed by atoms with E-state index in [1.165, 1.54) is 23.1 Å². The molecule has 0 saturated heterocycles. The molecule has 0 aromatic heterocycles. The molecular weight excluding hydrogens is 541 g/mol. The van der Waals surface area contributed by atoms with Crippen molar-refractivity contribution in [3.63, 3.8) is 0 Å². The van der Waals surface area contributed by atoms with Gasteiger partial charge >= 0.3 is 0 Å². The summed E-state index contributed by atoms with van der Waals surface area (Å²) in [6, 6.07) is 18.4. The lowest BCUT2D eigenvalue weighted by atomic mass is 9.95. The monoisotopic (exact) mass is 579 g/mol. The molecule has 0 bridgehead atoms. The lowest BCUT2D eigenvalue weighted by Gasteiger charge is -2.33. The summed E-state index contributed by atoms with van der Waals surface area (Å²) in [5.74, 6) is -1.46. The van der Waals surface area contributed by atoms with Gasteiger partial charge in [0.15, 0.2) is 0 Å². The van der Waals surface area contributed by atoms with E-state index in [0.29, 0.717) is 5.69 Å². The highest BCUT2D eigenvalue weighted by Crippen LogP contribution is 2.27. The lowest BCUT2D eigenvalue weighted by molar-refractivity contribution is -0.139. The number of hydrogen-bond acceptors (Lipinski definition) is 4. The van der Waals surface area contributed by atoms with Crippen molar-refractivity contribution in [1.82, 2.24) is 10.2 Å². The second-order valence-electron chi connectivity index (χ2n) is 10.8. The minimum atomic E-state index is -4.15. The normalized spacial score (nSPS) is 14.7. The Morgan fingerprint density at radius 3 is 2.17 bits per heavy atom. The Hall–Kier alpha value is -3.72. The molecule has 218 valence electrons. The quantitative estimate of drug-likeness (QED) is 0.344. The number of rotatable bonds is 10. The zero-order valence-corrected chi connectivity index (χ0v) is 24.7. The van der Waals surface area contributed by atoms with Crippen molar-refractivity contribution in [2.75, 3.05) is 10.8 Å².